The summed E-state index contributed by atoms with van der Waals surface area (Å²) in [5.41, 5.74) is 11.9. The van der Waals surface area contributed by atoms with E-state index in [-0.39, 0.29) is 0 Å². The average Bonchev–Trinajstić information content (AvgIpc) is 3.22. The molecule has 0 radical (unpaired) electrons. The molecule has 182 valence electrons. The second kappa shape index (κ2) is 9.91. The maximum Gasteiger partial charge on any atom is 0.227 e. The summed E-state index contributed by atoms with van der Waals surface area (Å²) in [6.45, 7) is 8.17. The lowest BCUT2D eigenvalue weighted by Gasteiger charge is -2.12. The van der Waals surface area contributed by atoms with Crippen LogP contribution in [0.3, 0.4) is 0 Å². The van der Waals surface area contributed by atoms with E-state index in [0.717, 1.165) is 11.3 Å². The maximum absolute atomic E-state index is 4.42. The van der Waals surface area contributed by atoms with Crippen molar-refractivity contribution >= 4 is 45.8 Å². The first-order valence-electron chi connectivity index (χ1n) is 13.0. The molecule has 0 N–H and O–H groups in total. The number of benzene rings is 4. The first kappa shape index (κ1) is 23.6. The first-order valence-corrected chi connectivity index (χ1v) is 13.0. The normalized spacial score (nSPS) is 15.3. The van der Waals surface area contributed by atoms with Gasteiger partial charge < -0.3 is 0 Å². The summed E-state index contributed by atoms with van der Waals surface area (Å²) in [4.78, 5) is 4.42. The third kappa shape index (κ3) is 4.01. The van der Waals surface area contributed by atoms with Crippen LogP contribution in [-0.2, 0) is 0 Å². The molecule has 2 nitrogen and oxygen atoms in total. The fourth-order valence-corrected chi connectivity index (χ4v) is 5.32. The lowest BCUT2D eigenvalue weighted by molar-refractivity contribution is 1.15. The largest absolute Gasteiger partial charge is 0.256 e. The van der Waals surface area contributed by atoms with Crippen LogP contribution in [0.5, 0.6) is 0 Å². The van der Waals surface area contributed by atoms with E-state index < -0.39 is 0 Å². The van der Waals surface area contributed by atoms with Crippen LogP contribution in [0, 0.1) is 6.92 Å². The zero-order chi connectivity index (χ0) is 26.1. The van der Waals surface area contributed by atoms with Crippen LogP contribution in [-0.4, -0.2) is 12.4 Å². The molecule has 4 aromatic rings. The minimum Gasteiger partial charge on any atom is -0.256 e. The molecule has 0 unspecified atom stereocenters. The molecule has 0 amide bonds. The summed E-state index contributed by atoms with van der Waals surface area (Å²) in [7, 11) is 0. The lowest BCUT2D eigenvalue weighted by atomic mass is 9.91. The quantitative estimate of drug-likeness (QED) is 0.167. The SMILES string of the molecule is C=C/C=C(/c1ccc2c3c(ccc2c1)-c1ccc(C2=CC=N2)cc1[N+]3=C/C=C\C=C/C)c1ccccc1C. The summed E-state index contributed by atoms with van der Waals surface area (Å²) in [6, 6.07) is 26.5. The summed E-state index contributed by atoms with van der Waals surface area (Å²) < 4.78 is 2.32. The van der Waals surface area contributed by atoms with Crippen LogP contribution in [0.1, 0.15) is 29.2 Å². The Morgan fingerprint density at radius 2 is 1.74 bits per heavy atom. The van der Waals surface area contributed by atoms with Crippen LogP contribution >= 0.6 is 0 Å². The molecule has 0 aromatic heterocycles. The Kier molecular flexibility index (Phi) is 6.15. The fourth-order valence-electron chi connectivity index (χ4n) is 5.32. The molecular formula is C36H29N2+. The zero-order valence-electron chi connectivity index (χ0n) is 21.7. The number of fused-ring (bicyclic) bond motifs is 5. The van der Waals surface area contributed by atoms with Gasteiger partial charge in [0.2, 0.25) is 11.4 Å². The van der Waals surface area contributed by atoms with Crippen molar-refractivity contribution in [3.05, 3.63) is 144 Å². The molecule has 38 heavy (non-hydrogen) atoms. The predicted molar refractivity (Wildman–Crippen MR) is 166 cm³/mol. The van der Waals surface area contributed by atoms with Crippen molar-refractivity contribution in [3.8, 4) is 11.1 Å². The zero-order valence-corrected chi connectivity index (χ0v) is 21.7. The molecule has 0 saturated heterocycles. The minimum atomic E-state index is 1.03. The van der Waals surface area contributed by atoms with Gasteiger partial charge in [0.25, 0.3) is 0 Å². The van der Waals surface area contributed by atoms with E-state index in [9.17, 15) is 0 Å². The van der Waals surface area contributed by atoms with Gasteiger partial charge in [0.05, 0.1) is 22.2 Å². The van der Waals surface area contributed by atoms with Gasteiger partial charge in [0, 0.05) is 23.9 Å². The molecule has 0 saturated carbocycles. The molecule has 0 aliphatic carbocycles. The molecular weight excluding hydrogens is 460 g/mol. The second-order valence-electron chi connectivity index (χ2n) is 9.52. The molecule has 0 spiro atoms. The van der Waals surface area contributed by atoms with Crippen molar-refractivity contribution in [1.29, 1.82) is 0 Å². The van der Waals surface area contributed by atoms with E-state index in [2.05, 4.69) is 126 Å². The van der Waals surface area contributed by atoms with E-state index in [1.165, 1.54) is 55.5 Å². The number of hydrogen-bond acceptors (Lipinski definition) is 1. The van der Waals surface area contributed by atoms with E-state index in [0.29, 0.717) is 0 Å². The highest BCUT2D eigenvalue weighted by Crippen LogP contribution is 2.49. The lowest BCUT2D eigenvalue weighted by Crippen LogP contribution is -2.02. The molecule has 6 rings (SSSR count). The van der Waals surface area contributed by atoms with Gasteiger partial charge in [-0.1, -0.05) is 79.4 Å². The Morgan fingerprint density at radius 3 is 2.50 bits per heavy atom. The van der Waals surface area contributed by atoms with Gasteiger partial charge in [-0.25, -0.2) is 0 Å². The molecule has 0 atom stereocenters. The first-order chi connectivity index (χ1) is 18.7. The van der Waals surface area contributed by atoms with Crippen molar-refractivity contribution in [2.45, 2.75) is 13.8 Å². The topological polar surface area (TPSA) is 15.4 Å². The van der Waals surface area contributed by atoms with E-state index in [4.69, 9.17) is 0 Å². The maximum atomic E-state index is 4.42. The van der Waals surface area contributed by atoms with Crippen LogP contribution in [0.2, 0.25) is 0 Å². The Labute approximate surface area is 224 Å². The standard InChI is InChI=1S/C36H29N2/c1-4-6-7-10-22-38-35-24-28(34-20-21-37-34)16-18-32(35)33-19-15-27-23-26(14-17-31(27)36(33)38)30(11-5-2)29-13-9-8-12-25(29)3/h4-24H,2H2,1,3H3/q+1/b6-4-,10-7-,30-11-,38-22?. The number of nitrogens with zero attached hydrogens (tertiary/aromatic N) is 2. The van der Waals surface area contributed by atoms with Gasteiger partial charge in [-0.05, 0) is 71.8 Å². The highest BCUT2D eigenvalue weighted by atomic mass is 15.0. The van der Waals surface area contributed by atoms with Crippen molar-refractivity contribution in [2.24, 2.45) is 4.99 Å². The molecule has 2 aliphatic heterocycles. The van der Waals surface area contributed by atoms with Gasteiger partial charge in [-0.2, -0.15) is 4.58 Å². The monoisotopic (exact) mass is 489 g/mol. The number of aliphatic imine (C=N–C) groups is 1. The fraction of sp³-hybridized carbons (Fsp3) is 0.0556. The molecule has 4 aromatic carbocycles. The molecule has 2 aliphatic rings. The Balaban J connectivity index is 1.53. The number of rotatable bonds is 6. The van der Waals surface area contributed by atoms with Crippen LogP contribution in [0.15, 0.2) is 127 Å². The predicted octanol–water partition coefficient (Wildman–Crippen LogP) is 9.21. The van der Waals surface area contributed by atoms with Crippen molar-refractivity contribution in [2.75, 3.05) is 0 Å². The van der Waals surface area contributed by atoms with E-state index >= 15 is 0 Å². The van der Waals surface area contributed by atoms with Crippen molar-refractivity contribution < 1.29 is 0 Å². The molecule has 0 bridgehead atoms. The third-order valence-electron chi connectivity index (χ3n) is 7.20. The Bertz CT molecular complexity index is 1790. The Hall–Kier alpha value is -4.82. The van der Waals surface area contributed by atoms with Gasteiger partial charge in [0.15, 0.2) is 6.21 Å². The highest BCUT2D eigenvalue weighted by molar-refractivity contribution is 6.10. The van der Waals surface area contributed by atoms with Gasteiger partial charge in [0.1, 0.15) is 0 Å². The molecule has 2 heteroatoms. The van der Waals surface area contributed by atoms with Crippen molar-refractivity contribution in [3.63, 3.8) is 0 Å². The summed E-state index contributed by atoms with van der Waals surface area (Å²) in [6.07, 6.45) is 18.3. The molecule has 2 heterocycles. The summed E-state index contributed by atoms with van der Waals surface area (Å²) in [5, 5.41) is 2.43. The third-order valence-corrected chi connectivity index (χ3v) is 7.20. The number of hydrogen-bond donors (Lipinski definition) is 0. The van der Waals surface area contributed by atoms with Crippen LogP contribution < -0.4 is 4.58 Å². The van der Waals surface area contributed by atoms with Gasteiger partial charge in [-0.3, -0.25) is 4.99 Å². The van der Waals surface area contributed by atoms with Gasteiger partial charge in [-0.15, -0.1) is 0 Å². The number of allylic oxidation sites excluding steroid dienone is 7. The smallest absolute Gasteiger partial charge is 0.227 e. The second-order valence-corrected chi connectivity index (χ2v) is 9.52. The minimum absolute atomic E-state index is 1.03. The average molecular weight is 490 g/mol. The highest BCUT2D eigenvalue weighted by Gasteiger charge is 2.34. The summed E-state index contributed by atoms with van der Waals surface area (Å²) in [5.74, 6) is 0. The Morgan fingerprint density at radius 1 is 0.895 bits per heavy atom. The summed E-state index contributed by atoms with van der Waals surface area (Å²) >= 11 is 0. The van der Waals surface area contributed by atoms with Gasteiger partial charge >= 0.3 is 0 Å². The van der Waals surface area contributed by atoms with Crippen LogP contribution in [0.4, 0.5) is 11.4 Å². The van der Waals surface area contributed by atoms with Crippen molar-refractivity contribution in [1.82, 2.24) is 4.58 Å². The van der Waals surface area contributed by atoms with E-state index in [1.54, 1.807) is 0 Å². The van der Waals surface area contributed by atoms with E-state index in [1.807, 2.05) is 31.4 Å². The molecule has 0 fully saturated rings. The van der Waals surface area contributed by atoms with Crippen LogP contribution in [0.25, 0.3) is 33.2 Å². The number of aryl methyl sites for hydroxylation is 1.